The molecule has 1 heterocycles. The lowest BCUT2D eigenvalue weighted by atomic mass is 10.0. The summed E-state index contributed by atoms with van der Waals surface area (Å²) in [5, 5.41) is 0. The van der Waals surface area contributed by atoms with Crippen LogP contribution in [-0.4, -0.2) is 55.8 Å². The molecule has 1 saturated heterocycles. The highest BCUT2D eigenvalue weighted by Gasteiger charge is 2.44. The summed E-state index contributed by atoms with van der Waals surface area (Å²) in [5.74, 6) is -0.300. The highest BCUT2D eigenvalue weighted by Crippen LogP contribution is 2.27. The van der Waals surface area contributed by atoms with Gasteiger partial charge in [-0.2, -0.15) is 0 Å². The van der Waals surface area contributed by atoms with E-state index >= 15 is 0 Å². The van der Waals surface area contributed by atoms with Crippen molar-refractivity contribution >= 4 is 30.9 Å². The van der Waals surface area contributed by atoms with Crippen molar-refractivity contribution in [3.63, 3.8) is 0 Å². The van der Waals surface area contributed by atoms with E-state index in [1.54, 1.807) is 0 Å². The first-order valence-corrected chi connectivity index (χ1v) is 18.6. The number of carbonyl (C=O) groups excluding carboxylic acids is 1. The number of cyclic esters (lactones) is 1. The smallest absolute Gasteiger partial charge is 0.337 e. The molecular formula is C15H34O5Si3. The molecule has 0 saturated carbocycles. The lowest BCUT2D eigenvalue weighted by Gasteiger charge is -2.40. The highest BCUT2D eigenvalue weighted by atomic mass is 28.4. The van der Waals surface area contributed by atoms with Crippen LogP contribution in [0.2, 0.25) is 58.9 Å². The van der Waals surface area contributed by atoms with Gasteiger partial charge < -0.3 is 18.0 Å². The molecule has 0 aromatic carbocycles. The molecule has 0 amide bonds. The van der Waals surface area contributed by atoms with Gasteiger partial charge in [0.15, 0.2) is 31.1 Å². The predicted octanol–water partition coefficient (Wildman–Crippen LogP) is 3.59. The minimum atomic E-state index is -1.86. The standard InChI is InChI=1S/C15H34O5Si3/c1-21(2,3)17-11-12-10-13(19-22(4,5)6)14(15(16)18-12)20-23(7,8)9/h12-14H,10-11H2,1-9H3/t12-,13-,14+/m0/s1. The van der Waals surface area contributed by atoms with E-state index < -0.39 is 31.1 Å². The molecule has 1 fully saturated rings. The van der Waals surface area contributed by atoms with Gasteiger partial charge in [0.2, 0.25) is 0 Å². The first kappa shape index (κ1) is 21.0. The maximum atomic E-state index is 12.5. The van der Waals surface area contributed by atoms with Gasteiger partial charge in [-0.3, -0.25) is 0 Å². The molecule has 5 nitrogen and oxygen atoms in total. The first-order chi connectivity index (χ1) is 10.2. The zero-order chi connectivity index (χ0) is 18.1. The van der Waals surface area contributed by atoms with E-state index in [0.717, 1.165) is 0 Å². The SMILES string of the molecule is C[Si](C)(C)OC[C@@H]1C[C@H](O[Si](C)(C)C)[C@@H](O[Si](C)(C)C)C(=O)O1. The van der Waals surface area contributed by atoms with Crippen molar-refractivity contribution in [3.8, 4) is 0 Å². The molecule has 0 aliphatic carbocycles. The summed E-state index contributed by atoms with van der Waals surface area (Å²) in [6.07, 6.45) is -0.422. The van der Waals surface area contributed by atoms with Crippen molar-refractivity contribution < 1.29 is 22.8 Å². The van der Waals surface area contributed by atoms with Crippen LogP contribution >= 0.6 is 0 Å². The van der Waals surface area contributed by atoms with Gasteiger partial charge in [0, 0.05) is 6.42 Å². The van der Waals surface area contributed by atoms with Crippen LogP contribution in [0.15, 0.2) is 0 Å². The van der Waals surface area contributed by atoms with Gasteiger partial charge in [-0.25, -0.2) is 4.79 Å². The quantitative estimate of drug-likeness (QED) is 0.500. The largest absolute Gasteiger partial charge is 0.458 e. The van der Waals surface area contributed by atoms with Crippen molar-refractivity contribution in [3.05, 3.63) is 0 Å². The van der Waals surface area contributed by atoms with Gasteiger partial charge in [-0.15, -0.1) is 0 Å². The Kier molecular flexibility index (Phi) is 6.85. The minimum Gasteiger partial charge on any atom is -0.458 e. The summed E-state index contributed by atoms with van der Waals surface area (Å²) in [6.45, 7) is 19.5. The number of hydrogen-bond donors (Lipinski definition) is 0. The summed E-state index contributed by atoms with van der Waals surface area (Å²) < 4.78 is 23.8. The Bertz CT molecular complexity index is 409. The molecule has 0 unspecified atom stereocenters. The average molecular weight is 379 g/mol. The number of esters is 1. The predicted molar refractivity (Wildman–Crippen MR) is 100 cm³/mol. The molecule has 0 radical (unpaired) electrons. The number of rotatable bonds is 7. The lowest BCUT2D eigenvalue weighted by Crippen LogP contribution is -2.55. The van der Waals surface area contributed by atoms with Crippen molar-refractivity contribution in [1.29, 1.82) is 0 Å². The van der Waals surface area contributed by atoms with E-state index in [2.05, 4.69) is 58.9 Å². The number of hydrogen-bond acceptors (Lipinski definition) is 5. The van der Waals surface area contributed by atoms with Crippen LogP contribution in [0.25, 0.3) is 0 Å². The zero-order valence-electron chi connectivity index (χ0n) is 16.2. The second kappa shape index (κ2) is 7.49. The molecule has 1 aliphatic rings. The molecular weight excluding hydrogens is 344 g/mol. The van der Waals surface area contributed by atoms with Crippen LogP contribution in [-0.2, 0) is 22.8 Å². The Labute approximate surface area is 144 Å². The summed E-state index contributed by atoms with van der Waals surface area (Å²) in [5.41, 5.74) is 0. The summed E-state index contributed by atoms with van der Waals surface area (Å²) in [4.78, 5) is 12.5. The second-order valence-electron chi connectivity index (χ2n) is 9.14. The van der Waals surface area contributed by atoms with Crippen LogP contribution < -0.4 is 0 Å². The monoisotopic (exact) mass is 378 g/mol. The molecule has 8 heteroatoms. The van der Waals surface area contributed by atoms with Gasteiger partial charge >= 0.3 is 5.97 Å². The van der Waals surface area contributed by atoms with Crippen LogP contribution in [0, 0.1) is 0 Å². The molecule has 0 aromatic rings. The van der Waals surface area contributed by atoms with Crippen LogP contribution in [0.3, 0.4) is 0 Å². The third-order valence-corrected chi connectivity index (χ3v) is 6.04. The molecule has 136 valence electrons. The van der Waals surface area contributed by atoms with E-state index in [9.17, 15) is 4.79 Å². The van der Waals surface area contributed by atoms with Crippen LogP contribution in [0.5, 0.6) is 0 Å². The third-order valence-electron chi connectivity index (χ3n) is 3.04. The molecule has 3 atom stereocenters. The van der Waals surface area contributed by atoms with Crippen LogP contribution in [0.4, 0.5) is 0 Å². The average Bonchev–Trinajstić information content (AvgIpc) is 2.27. The van der Waals surface area contributed by atoms with Gasteiger partial charge in [0.1, 0.15) is 6.10 Å². The summed E-state index contributed by atoms with van der Waals surface area (Å²) in [6, 6.07) is 0. The van der Waals surface area contributed by atoms with Crippen LogP contribution in [0.1, 0.15) is 6.42 Å². The third kappa shape index (κ3) is 8.59. The Morgan fingerprint density at radius 2 is 1.43 bits per heavy atom. The first-order valence-electron chi connectivity index (χ1n) is 8.36. The van der Waals surface area contributed by atoms with E-state index in [-0.39, 0.29) is 18.2 Å². The summed E-state index contributed by atoms with van der Waals surface area (Å²) >= 11 is 0. The van der Waals surface area contributed by atoms with Crippen molar-refractivity contribution in [2.45, 2.75) is 83.7 Å². The van der Waals surface area contributed by atoms with E-state index in [4.69, 9.17) is 18.0 Å². The topological polar surface area (TPSA) is 54.0 Å². The molecule has 0 aromatic heterocycles. The maximum Gasteiger partial charge on any atom is 0.337 e. The molecule has 0 N–H and O–H groups in total. The van der Waals surface area contributed by atoms with Gasteiger partial charge in [0.05, 0.1) is 12.7 Å². The van der Waals surface area contributed by atoms with Gasteiger partial charge in [0.25, 0.3) is 0 Å². The van der Waals surface area contributed by atoms with Gasteiger partial charge in [-0.05, 0) is 58.9 Å². The molecule has 0 bridgehead atoms. The minimum absolute atomic E-state index is 0.232. The highest BCUT2D eigenvalue weighted by molar-refractivity contribution is 6.70. The molecule has 1 aliphatic heterocycles. The van der Waals surface area contributed by atoms with Crippen molar-refractivity contribution in [2.75, 3.05) is 6.61 Å². The Morgan fingerprint density at radius 1 is 0.913 bits per heavy atom. The Balaban J connectivity index is 2.83. The van der Waals surface area contributed by atoms with E-state index in [0.29, 0.717) is 13.0 Å². The fourth-order valence-corrected chi connectivity index (χ4v) is 5.15. The Hall–Kier alpha value is 0.000649. The maximum absolute atomic E-state index is 12.5. The number of carbonyl (C=O) groups is 1. The normalized spacial score (nSPS) is 27.0. The van der Waals surface area contributed by atoms with Crippen molar-refractivity contribution in [2.24, 2.45) is 0 Å². The fraction of sp³-hybridized carbons (Fsp3) is 0.933. The fourth-order valence-electron chi connectivity index (χ4n) is 2.33. The van der Waals surface area contributed by atoms with E-state index in [1.807, 2.05) is 0 Å². The van der Waals surface area contributed by atoms with Crippen molar-refractivity contribution in [1.82, 2.24) is 0 Å². The second-order valence-corrected chi connectivity index (χ2v) is 22.6. The lowest BCUT2D eigenvalue weighted by molar-refractivity contribution is -0.177. The summed E-state index contributed by atoms with van der Waals surface area (Å²) in [7, 11) is -5.28. The molecule has 23 heavy (non-hydrogen) atoms. The Morgan fingerprint density at radius 3 is 1.87 bits per heavy atom. The zero-order valence-corrected chi connectivity index (χ0v) is 19.2. The molecule has 0 spiro atoms. The van der Waals surface area contributed by atoms with Gasteiger partial charge in [-0.1, -0.05) is 0 Å². The number of ether oxygens (including phenoxy) is 1. The van der Waals surface area contributed by atoms with E-state index in [1.165, 1.54) is 0 Å². The molecule has 1 rings (SSSR count).